The maximum Gasteiger partial charge on any atom is 0.254 e. The normalized spacial score (nSPS) is 14.1. The molecule has 1 unspecified atom stereocenters. The Labute approximate surface area is 193 Å². The number of carbonyl (C=O) groups is 1. The van der Waals surface area contributed by atoms with E-state index in [-0.39, 0.29) is 17.8 Å². The van der Waals surface area contributed by atoms with E-state index in [2.05, 4.69) is 21.4 Å². The molecule has 1 atom stereocenters. The first-order chi connectivity index (χ1) is 15.7. The molecule has 168 valence electrons. The number of carbonyl (C=O) groups excluding carboxylic acids is 1. The Kier molecular flexibility index (Phi) is 5.86. The maximum atomic E-state index is 15.1. The highest BCUT2D eigenvalue weighted by Gasteiger charge is 2.29. The molecule has 0 fully saturated rings. The molecule has 0 spiro atoms. The third-order valence-corrected chi connectivity index (χ3v) is 6.14. The van der Waals surface area contributed by atoms with Crippen LogP contribution in [0.1, 0.15) is 60.9 Å². The number of anilines is 1. The first-order valence-corrected chi connectivity index (χ1v) is 11.0. The average molecular weight is 444 g/mol. The summed E-state index contributed by atoms with van der Waals surface area (Å²) in [6, 6.07) is 12.4. The van der Waals surface area contributed by atoms with Gasteiger partial charge in [0.1, 0.15) is 11.6 Å². The Morgan fingerprint density at radius 1 is 1.18 bits per heavy atom. The van der Waals surface area contributed by atoms with E-state index >= 15 is 4.39 Å². The molecule has 7 heteroatoms. The molecule has 1 aliphatic heterocycles. The van der Waals surface area contributed by atoms with Crippen molar-refractivity contribution in [1.82, 2.24) is 14.9 Å². The third-order valence-electron chi connectivity index (χ3n) is 6.14. The summed E-state index contributed by atoms with van der Waals surface area (Å²) in [6.07, 6.45) is 3.22. The fraction of sp³-hybridized carbons (Fsp3) is 0.308. The summed E-state index contributed by atoms with van der Waals surface area (Å²) in [4.78, 5) is 22.9. The van der Waals surface area contributed by atoms with Gasteiger partial charge < -0.3 is 10.2 Å². The van der Waals surface area contributed by atoms with Gasteiger partial charge in [0.25, 0.3) is 5.91 Å². The van der Waals surface area contributed by atoms with Crippen LogP contribution in [0.5, 0.6) is 0 Å². The van der Waals surface area contributed by atoms with Crippen LogP contribution in [0.3, 0.4) is 0 Å². The lowest BCUT2D eigenvalue weighted by Gasteiger charge is -2.18. The number of hydrogen-bond donors (Lipinski definition) is 1. The molecule has 1 aliphatic rings. The Balaban J connectivity index is 1.59. The van der Waals surface area contributed by atoms with Crippen LogP contribution in [0.25, 0.3) is 11.1 Å². The van der Waals surface area contributed by atoms with Crippen molar-refractivity contribution >= 4 is 11.7 Å². The van der Waals surface area contributed by atoms with E-state index in [1.165, 1.54) is 6.07 Å². The van der Waals surface area contributed by atoms with E-state index in [0.717, 1.165) is 11.1 Å². The van der Waals surface area contributed by atoms with Gasteiger partial charge in [-0.05, 0) is 63.1 Å². The number of nitrogens with one attached hydrogen (secondary N) is 1. The van der Waals surface area contributed by atoms with Crippen molar-refractivity contribution < 1.29 is 9.18 Å². The lowest BCUT2D eigenvalue weighted by atomic mass is 9.89. The van der Waals surface area contributed by atoms with Gasteiger partial charge >= 0.3 is 0 Å². The Hall–Kier alpha value is -3.79. The van der Waals surface area contributed by atoms with Crippen molar-refractivity contribution in [3.63, 3.8) is 0 Å². The minimum absolute atomic E-state index is 0.0114. The van der Waals surface area contributed by atoms with Crippen molar-refractivity contribution in [3.05, 3.63) is 77.0 Å². The fourth-order valence-corrected chi connectivity index (χ4v) is 3.99. The molecule has 0 saturated heterocycles. The lowest BCUT2D eigenvalue weighted by Crippen LogP contribution is -2.22. The van der Waals surface area contributed by atoms with Crippen molar-refractivity contribution in [2.75, 3.05) is 11.9 Å². The Bertz CT molecular complexity index is 1260. The smallest absolute Gasteiger partial charge is 0.254 e. The Morgan fingerprint density at radius 3 is 2.64 bits per heavy atom. The van der Waals surface area contributed by atoms with Gasteiger partial charge in [0.05, 0.1) is 29.8 Å². The number of hydrogen-bond acceptors (Lipinski definition) is 5. The molecule has 0 radical (unpaired) electrons. The monoisotopic (exact) mass is 443 g/mol. The number of aromatic nitrogens is 2. The second kappa shape index (κ2) is 8.62. The molecule has 2 aromatic heterocycles. The molecule has 0 saturated carbocycles. The molecule has 0 aliphatic carbocycles. The molecule has 3 heterocycles. The molecule has 6 nitrogen and oxygen atoms in total. The predicted molar refractivity (Wildman–Crippen MR) is 125 cm³/mol. The van der Waals surface area contributed by atoms with Crippen LogP contribution < -0.4 is 5.32 Å². The molecule has 1 N–H and O–H groups in total. The van der Waals surface area contributed by atoms with Crippen LogP contribution in [0.2, 0.25) is 0 Å². The van der Waals surface area contributed by atoms with E-state index < -0.39 is 5.41 Å². The van der Waals surface area contributed by atoms with Gasteiger partial charge in [0.15, 0.2) is 0 Å². The highest BCUT2D eigenvalue weighted by Crippen LogP contribution is 2.32. The van der Waals surface area contributed by atoms with Crippen LogP contribution in [0.15, 0.2) is 48.8 Å². The molecule has 4 rings (SSSR count). The number of halogens is 1. The zero-order valence-electron chi connectivity index (χ0n) is 19.2. The number of fused-ring (bicyclic) bond motifs is 1. The SMILES string of the molecule is CCN1Cc2c(ccnc2NC(C)c2ccc(-c3ccnc(C(C)(C)C#N)c3)c(F)c2)C1=O. The number of amides is 1. The highest BCUT2D eigenvalue weighted by atomic mass is 19.1. The van der Waals surface area contributed by atoms with Crippen LogP contribution >= 0.6 is 0 Å². The quantitative estimate of drug-likeness (QED) is 0.564. The fourth-order valence-electron chi connectivity index (χ4n) is 3.99. The van der Waals surface area contributed by atoms with Crippen molar-refractivity contribution in [3.8, 4) is 17.2 Å². The van der Waals surface area contributed by atoms with Crippen molar-refractivity contribution in [2.45, 2.75) is 45.7 Å². The minimum Gasteiger partial charge on any atom is -0.363 e. The Morgan fingerprint density at radius 2 is 1.94 bits per heavy atom. The van der Waals surface area contributed by atoms with Crippen molar-refractivity contribution in [1.29, 1.82) is 5.26 Å². The number of benzene rings is 1. The molecule has 0 bridgehead atoms. The van der Waals surface area contributed by atoms with E-state index in [9.17, 15) is 10.1 Å². The summed E-state index contributed by atoms with van der Waals surface area (Å²) >= 11 is 0. The largest absolute Gasteiger partial charge is 0.363 e. The van der Waals surface area contributed by atoms with Crippen LogP contribution in [-0.2, 0) is 12.0 Å². The molecule has 1 amide bonds. The number of pyridine rings is 2. The maximum absolute atomic E-state index is 15.1. The topological polar surface area (TPSA) is 81.9 Å². The predicted octanol–water partition coefficient (Wildman–Crippen LogP) is 5.23. The average Bonchev–Trinajstić information content (AvgIpc) is 3.15. The number of nitriles is 1. The highest BCUT2D eigenvalue weighted by molar-refractivity contribution is 5.99. The molecule has 33 heavy (non-hydrogen) atoms. The zero-order chi connectivity index (χ0) is 23.8. The summed E-state index contributed by atoms with van der Waals surface area (Å²) in [5.74, 6) is 0.301. The van der Waals surface area contributed by atoms with E-state index in [1.54, 1.807) is 55.4 Å². The standard InChI is InChI=1S/C26H26FN5O/c1-5-32-14-21-20(25(32)33)9-11-30-24(21)31-16(2)17-6-7-19(22(27)12-17)18-8-10-29-23(13-18)26(3,4)15-28/h6-13,16H,5,14H2,1-4H3,(H,30,31). The van der Waals surface area contributed by atoms with Gasteiger partial charge in [0, 0.05) is 35.6 Å². The van der Waals surface area contributed by atoms with Gasteiger partial charge in [-0.25, -0.2) is 9.37 Å². The first-order valence-electron chi connectivity index (χ1n) is 11.0. The van der Waals surface area contributed by atoms with Crippen LogP contribution in [0.4, 0.5) is 10.2 Å². The summed E-state index contributed by atoms with van der Waals surface area (Å²) < 4.78 is 15.1. The number of rotatable bonds is 6. The summed E-state index contributed by atoms with van der Waals surface area (Å²) in [5.41, 5.74) is 3.26. The summed E-state index contributed by atoms with van der Waals surface area (Å²) in [5, 5.41) is 12.7. The van der Waals surface area contributed by atoms with E-state index in [1.807, 2.05) is 19.9 Å². The summed E-state index contributed by atoms with van der Waals surface area (Å²) in [6.45, 7) is 8.61. The van der Waals surface area contributed by atoms with Gasteiger partial charge in [0.2, 0.25) is 0 Å². The van der Waals surface area contributed by atoms with Gasteiger partial charge in [-0.1, -0.05) is 12.1 Å². The van der Waals surface area contributed by atoms with Crippen LogP contribution in [0, 0.1) is 17.1 Å². The lowest BCUT2D eigenvalue weighted by molar-refractivity contribution is 0.0787. The third kappa shape index (κ3) is 4.17. The molecule has 1 aromatic carbocycles. The molecule has 3 aromatic rings. The first kappa shape index (κ1) is 22.4. The van der Waals surface area contributed by atoms with Crippen molar-refractivity contribution in [2.24, 2.45) is 0 Å². The van der Waals surface area contributed by atoms with E-state index in [4.69, 9.17) is 0 Å². The molecular formula is C26H26FN5O. The second-order valence-electron chi connectivity index (χ2n) is 8.78. The van der Waals surface area contributed by atoms with Gasteiger partial charge in [-0.2, -0.15) is 5.26 Å². The molecular weight excluding hydrogens is 417 g/mol. The van der Waals surface area contributed by atoms with Crippen LogP contribution in [-0.4, -0.2) is 27.3 Å². The van der Waals surface area contributed by atoms with Gasteiger partial charge in [-0.15, -0.1) is 0 Å². The zero-order valence-corrected chi connectivity index (χ0v) is 19.2. The number of nitrogens with zero attached hydrogens (tertiary/aromatic N) is 4. The minimum atomic E-state index is -0.761. The summed E-state index contributed by atoms with van der Waals surface area (Å²) in [7, 11) is 0. The van der Waals surface area contributed by atoms with Gasteiger partial charge in [-0.3, -0.25) is 9.78 Å². The second-order valence-corrected chi connectivity index (χ2v) is 8.78. The van der Waals surface area contributed by atoms with E-state index in [0.29, 0.717) is 41.3 Å².